The van der Waals surface area contributed by atoms with Crippen LogP contribution in [0.15, 0.2) is 0 Å². The Balaban J connectivity index is 2.51. The van der Waals surface area contributed by atoms with Crippen LogP contribution in [0, 0.1) is 5.41 Å². The van der Waals surface area contributed by atoms with Gasteiger partial charge in [-0.2, -0.15) is 0 Å². The Morgan fingerprint density at radius 1 is 1.57 bits per heavy atom. The lowest BCUT2D eigenvalue weighted by atomic mass is 10.0. The number of rotatable bonds is 3. The Hall–Kier alpha value is -0.610. The Morgan fingerprint density at radius 3 is 2.71 bits per heavy atom. The second-order valence-corrected chi connectivity index (χ2v) is 4.39. The lowest BCUT2D eigenvalue weighted by Crippen LogP contribution is -2.51. The van der Waals surface area contributed by atoms with Crippen molar-refractivity contribution < 1.29 is 0 Å². The molecule has 1 aliphatic heterocycles. The van der Waals surface area contributed by atoms with Crippen molar-refractivity contribution in [2.75, 3.05) is 27.2 Å². The van der Waals surface area contributed by atoms with Crippen molar-refractivity contribution in [2.24, 2.45) is 5.73 Å². The molecule has 1 fully saturated rings. The lowest BCUT2D eigenvalue weighted by molar-refractivity contribution is 0.122. The molecule has 0 radical (unpaired) electrons. The molecule has 0 spiro atoms. The van der Waals surface area contributed by atoms with E-state index in [0.717, 1.165) is 13.1 Å². The smallest absolute Gasteiger partial charge is 0.108 e. The van der Waals surface area contributed by atoms with Gasteiger partial charge in [-0.25, -0.2) is 0 Å². The summed E-state index contributed by atoms with van der Waals surface area (Å²) in [6, 6.07) is 0.711. The summed E-state index contributed by atoms with van der Waals surface area (Å²) in [4.78, 5) is 4.56. The molecule has 1 saturated heterocycles. The van der Waals surface area contributed by atoms with Gasteiger partial charge in [-0.1, -0.05) is 0 Å². The number of nitrogens with zero attached hydrogens (tertiary/aromatic N) is 2. The van der Waals surface area contributed by atoms with Gasteiger partial charge in [-0.05, 0) is 40.4 Å². The predicted molar refractivity (Wildman–Crippen MR) is 59.7 cm³/mol. The minimum atomic E-state index is 0.0951. The molecule has 0 aliphatic carbocycles. The molecule has 0 aromatic carbocycles. The molecule has 3 N–H and O–H groups in total. The maximum absolute atomic E-state index is 7.43. The number of hydrogen-bond donors (Lipinski definition) is 2. The molecule has 0 aromatic rings. The van der Waals surface area contributed by atoms with Gasteiger partial charge in [0.1, 0.15) is 5.84 Å². The molecule has 4 nitrogen and oxygen atoms in total. The molecule has 0 amide bonds. The van der Waals surface area contributed by atoms with E-state index in [-0.39, 0.29) is 11.9 Å². The van der Waals surface area contributed by atoms with Crippen LogP contribution >= 0.6 is 0 Å². The number of likely N-dealkylation sites (tertiary alicyclic amines) is 1. The lowest BCUT2D eigenvalue weighted by Gasteiger charge is -2.38. The SMILES string of the molecule is CC(C(=N)N)N1CCCC(N(C)C)C1. The van der Waals surface area contributed by atoms with Crippen LogP contribution in [-0.2, 0) is 0 Å². The molecule has 1 aliphatic rings. The summed E-state index contributed by atoms with van der Waals surface area (Å²) in [5.41, 5.74) is 5.52. The van der Waals surface area contributed by atoms with E-state index in [0.29, 0.717) is 6.04 Å². The maximum atomic E-state index is 7.43. The van der Waals surface area contributed by atoms with Gasteiger partial charge in [-0.15, -0.1) is 0 Å². The fraction of sp³-hybridized carbons (Fsp3) is 0.900. The van der Waals surface area contributed by atoms with E-state index >= 15 is 0 Å². The molecule has 4 heteroatoms. The fourth-order valence-corrected chi connectivity index (χ4v) is 1.95. The summed E-state index contributed by atoms with van der Waals surface area (Å²) in [5, 5.41) is 7.43. The first kappa shape index (κ1) is 11.5. The van der Waals surface area contributed by atoms with Crippen LogP contribution < -0.4 is 5.73 Å². The molecule has 0 aromatic heterocycles. The van der Waals surface area contributed by atoms with E-state index < -0.39 is 0 Å². The second-order valence-electron chi connectivity index (χ2n) is 4.39. The number of piperidine rings is 1. The molecule has 1 rings (SSSR count). The highest BCUT2D eigenvalue weighted by atomic mass is 15.2. The van der Waals surface area contributed by atoms with Crippen molar-refractivity contribution in [1.82, 2.24) is 9.80 Å². The zero-order chi connectivity index (χ0) is 10.7. The highest BCUT2D eigenvalue weighted by Crippen LogP contribution is 2.15. The topological polar surface area (TPSA) is 56.4 Å². The molecule has 2 unspecified atom stereocenters. The molecule has 1 heterocycles. The minimum Gasteiger partial charge on any atom is -0.386 e. The van der Waals surface area contributed by atoms with Gasteiger partial charge in [-0.3, -0.25) is 10.3 Å². The molecular weight excluding hydrogens is 176 g/mol. The van der Waals surface area contributed by atoms with Crippen molar-refractivity contribution in [3.63, 3.8) is 0 Å². The van der Waals surface area contributed by atoms with Crippen molar-refractivity contribution in [1.29, 1.82) is 5.41 Å². The summed E-state index contributed by atoms with van der Waals surface area (Å²) in [7, 11) is 4.24. The van der Waals surface area contributed by atoms with E-state index in [9.17, 15) is 0 Å². The average molecular weight is 198 g/mol. The third-order valence-electron chi connectivity index (χ3n) is 3.16. The summed E-state index contributed by atoms with van der Waals surface area (Å²) < 4.78 is 0. The van der Waals surface area contributed by atoms with Crippen LogP contribution in [-0.4, -0.2) is 54.9 Å². The summed E-state index contributed by atoms with van der Waals surface area (Å²) in [6.45, 7) is 4.12. The van der Waals surface area contributed by atoms with Crippen molar-refractivity contribution in [3.05, 3.63) is 0 Å². The Kier molecular flexibility index (Phi) is 3.89. The van der Waals surface area contributed by atoms with Gasteiger partial charge in [0.25, 0.3) is 0 Å². The number of hydrogen-bond acceptors (Lipinski definition) is 3. The Labute approximate surface area is 86.6 Å². The largest absolute Gasteiger partial charge is 0.386 e. The molecular formula is C10H22N4. The first-order chi connectivity index (χ1) is 6.52. The van der Waals surface area contributed by atoms with Gasteiger partial charge < -0.3 is 10.6 Å². The highest BCUT2D eigenvalue weighted by molar-refractivity contribution is 5.82. The zero-order valence-electron chi connectivity index (χ0n) is 9.45. The molecule has 82 valence electrons. The summed E-state index contributed by atoms with van der Waals surface area (Å²) >= 11 is 0. The number of nitrogens with two attached hydrogens (primary N) is 1. The zero-order valence-corrected chi connectivity index (χ0v) is 9.45. The summed E-state index contributed by atoms with van der Waals surface area (Å²) in [5.74, 6) is 0.282. The van der Waals surface area contributed by atoms with E-state index in [2.05, 4.69) is 23.9 Å². The van der Waals surface area contributed by atoms with Crippen LogP contribution in [0.2, 0.25) is 0 Å². The van der Waals surface area contributed by atoms with E-state index in [1.54, 1.807) is 0 Å². The first-order valence-corrected chi connectivity index (χ1v) is 5.26. The van der Waals surface area contributed by atoms with E-state index in [4.69, 9.17) is 11.1 Å². The number of amidine groups is 1. The third kappa shape index (κ3) is 2.69. The van der Waals surface area contributed by atoms with Crippen molar-refractivity contribution >= 4 is 5.84 Å². The van der Waals surface area contributed by atoms with Gasteiger partial charge in [0.05, 0.1) is 6.04 Å². The number of nitrogens with one attached hydrogen (secondary N) is 1. The van der Waals surface area contributed by atoms with Crippen LogP contribution in [0.5, 0.6) is 0 Å². The molecule has 0 saturated carbocycles. The van der Waals surface area contributed by atoms with Crippen LogP contribution in [0.1, 0.15) is 19.8 Å². The quantitative estimate of drug-likeness (QED) is 0.508. The highest BCUT2D eigenvalue weighted by Gasteiger charge is 2.25. The fourth-order valence-electron chi connectivity index (χ4n) is 1.95. The monoisotopic (exact) mass is 198 g/mol. The Bertz CT molecular complexity index is 202. The van der Waals surface area contributed by atoms with Crippen LogP contribution in [0.25, 0.3) is 0 Å². The van der Waals surface area contributed by atoms with Crippen LogP contribution in [0.4, 0.5) is 0 Å². The molecule has 0 bridgehead atoms. The molecule has 2 atom stereocenters. The van der Waals surface area contributed by atoms with Crippen molar-refractivity contribution in [2.45, 2.75) is 31.8 Å². The van der Waals surface area contributed by atoms with Crippen LogP contribution in [0.3, 0.4) is 0 Å². The second kappa shape index (κ2) is 4.75. The Morgan fingerprint density at radius 2 is 2.21 bits per heavy atom. The maximum Gasteiger partial charge on any atom is 0.108 e. The van der Waals surface area contributed by atoms with Gasteiger partial charge in [0, 0.05) is 12.6 Å². The summed E-state index contributed by atoms with van der Waals surface area (Å²) in [6.07, 6.45) is 2.47. The van der Waals surface area contributed by atoms with E-state index in [1.165, 1.54) is 12.8 Å². The van der Waals surface area contributed by atoms with Gasteiger partial charge >= 0.3 is 0 Å². The normalized spacial score (nSPS) is 26.4. The van der Waals surface area contributed by atoms with E-state index in [1.807, 2.05) is 6.92 Å². The third-order valence-corrected chi connectivity index (χ3v) is 3.16. The van der Waals surface area contributed by atoms with Crippen molar-refractivity contribution in [3.8, 4) is 0 Å². The molecule has 14 heavy (non-hydrogen) atoms. The first-order valence-electron chi connectivity index (χ1n) is 5.26. The van der Waals surface area contributed by atoms with Gasteiger partial charge in [0.15, 0.2) is 0 Å². The minimum absolute atomic E-state index is 0.0951. The number of likely N-dealkylation sites (N-methyl/N-ethyl adjacent to an activating group) is 1. The predicted octanol–water partition coefficient (Wildman–Crippen LogP) is 0.337. The van der Waals surface area contributed by atoms with Gasteiger partial charge in [0.2, 0.25) is 0 Å². The average Bonchev–Trinajstić information content (AvgIpc) is 2.16. The standard InChI is InChI=1S/C10H22N4/c1-8(10(11)12)14-6-4-5-9(7-14)13(2)3/h8-9H,4-7H2,1-3H3,(H3,11,12).